The zero-order valence-corrected chi connectivity index (χ0v) is 12.9. The average Bonchev–Trinajstić information content (AvgIpc) is 3.15. The monoisotopic (exact) mass is 302 g/mol. The van der Waals surface area contributed by atoms with E-state index in [0.717, 1.165) is 42.8 Å². The van der Waals surface area contributed by atoms with Gasteiger partial charge in [0.15, 0.2) is 5.65 Å². The Morgan fingerprint density at radius 2 is 2.32 bits per heavy atom. The smallest absolute Gasteiger partial charge is 0.220 e. The molecule has 0 aliphatic carbocycles. The third kappa shape index (κ3) is 3.09. The van der Waals surface area contributed by atoms with Gasteiger partial charge in [0.25, 0.3) is 0 Å². The molecule has 2 aromatic heterocycles. The number of rotatable bonds is 6. The topological polar surface area (TPSA) is 84.7 Å². The molecule has 22 heavy (non-hydrogen) atoms. The van der Waals surface area contributed by atoms with Crippen LogP contribution in [0.5, 0.6) is 0 Å². The summed E-state index contributed by atoms with van der Waals surface area (Å²) in [5.74, 6) is 0.486. The van der Waals surface area contributed by atoms with Crippen molar-refractivity contribution in [2.24, 2.45) is 0 Å². The van der Waals surface area contributed by atoms with E-state index in [1.165, 1.54) is 0 Å². The van der Waals surface area contributed by atoms with Crippen LogP contribution in [0.4, 0.5) is 0 Å². The van der Waals surface area contributed by atoms with E-state index in [1.807, 2.05) is 11.6 Å². The highest BCUT2D eigenvalue weighted by atomic mass is 16.1. The molecule has 7 nitrogen and oxygen atoms in total. The maximum Gasteiger partial charge on any atom is 0.220 e. The first kappa shape index (κ1) is 14.9. The molecule has 1 aliphatic heterocycles. The minimum absolute atomic E-state index is 0.0882. The zero-order chi connectivity index (χ0) is 15.4. The Kier molecular flexibility index (Phi) is 4.62. The van der Waals surface area contributed by atoms with Gasteiger partial charge in [-0.05, 0) is 19.4 Å². The molecular formula is C15H22N6O. The maximum atomic E-state index is 11.5. The Bertz CT molecular complexity index is 647. The predicted octanol–water partition coefficient (Wildman–Crippen LogP) is 0.820. The van der Waals surface area contributed by atoms with E-state index in [2.05, 4.69) is 20.6 Å². The minimum Gasteiger partial charge on any atom is -0.354 e. The van der Waals surface area contributed by atoms with Gasteiger partial charge in [0.1, 0.15) is 5.52 Å². The highest BCUT2D eigenvalue weighted by Crippen LogP contribution is 2.26. The van der Waals surface area contributed by atoms with Gasteiger partial charge < -0.3 is 10.6 Å². The van der Waals surface area contributed by atoms with Gasteiger partial charge in [-0.3, -0.25) is 4.79 Å². The van der Waals surface area contributed by atoms with Gasteiger partial charge in [-0.25, -0.2) is 14.6 Å². The molecule has 1 fully saturated rings. The molecule has 0 spiro atoms. The highest BCUT2D eigenvalue weighted by molar-refractivity contribution is 5.76. The third-order valence-electron chi connectivity index (χ3n) is 3.96. The fraction of sp³-hybridized carbons (Fsp3) is 0.600. The summed E-state index contributed by atoms with van der Waals surface area (Å²) < 4.78 is 1.86. The zero-order valence-electron chi connectivity index (χ0n) is 12.9. The lowest BCUT2D eigenvalue weighted by Crippen LogP contribution is -2.27. The highest BCUT2D eigenvalue weighted by Gasteiger charge is 2.24. The Morgan fingerprint density at radius 1 is 1.45 bits per heavy atom. The second-order valence-electron chi connectivity index (χ2n) is 5.63. The Labute approximate surface area is 129 Å². The second kappa shape index (κ2) is 6.83. The summed E-state index contributed by atoms with van der Waals surface area (Å²) in [6.45, 7) is 5.14. The number of nitrogens with one attached hydrogen (secondary N) is 2. The van der Waals surface area contributed by atoms with Crippen molar-refractivity contribution in [2.45, 2.75) is 38.6 Å². The van der Waals surface area contributed by atoms with Crippen LogP contribution in [0.1, 0.15) is 37.8 Å². The maximum absolute atomic E-state index is 11.5. The number of aromatic nitrogens is 4. The minimum atomic E-state index is 0.0882. The van der Waals surface area contributed by atoms with Crippen molar-refractivity contribution >= 4 is 17.1 Å². The SMILES string of the molecule is CCCC(=O)NCCn1nc([C@@H]2CCNC2)c2nccnc21. The van der Waals surface area contributed by atoms with Crippen LogP contribution in [0.3, 0.4) is 0 Å². The van der Waals surface area contributed by atoms with E-state index in [1.54, 1.807) is 12.4 Å². The number of nitrogens with zero attached hydrogens (tertiary/aromatic N) is 4. The lowest BCUT2D eigenvalue weighted by molar-refractivity contribution is -0.121. The summed E-state index contributed by atoms with van der Waals surface area (Å²) in [6.07, 6.45) is 5.91. The third-order valence-corrected chi connectivity index (χ3v) is 3.96. The van der Waals surface area contributed by atoms with Crippen molar-refractivity contribution in [1.82, 2.24) is 30.4 Å². The van der Waals surface area contributed by atoms with Gasteiger partial charge in [-0.15, -0.1) is 0 Å². The molecule has 3 rings (SSSR count). The molecule has 118 valence electrons. The van der Waals surface area contributed by atoms with E-state index >= 15 is 0 Å². The Hall–Kier alpha value is -2.02. The molecule has 2 aromatic rings. The molecule has 7 heteroatoms. The van der Waals surface area contributed by atoms with Gasteiger partial charge >= 0.3 is 0 Å². The van der Waals surface area contributed by atoms with Crippen molar-refractivity contribution in [2.75, 3.05) is 19.6 Å². The van der Waals surface area contributed by atoms with Gasteiger partial charge in [-0.2, -0.15) is 5.10 Å². The fourth-order valence-corrected chi connectivity index (χ4v) is 2.86. The van der Waals surface area contributed by atoms with E-state index in [0.29, 0.717) is 25.4 Å². The molecule has 2 N–H and O–H groups in total. The molecule has 1 aliphatic rings. The normalized spacial score (nSPS) is 18.0. The van der Waals surface area contributed by atoms with E-state index in [4.69, 9.17) is 5.10 Å². The van der Waals surface area contributed by atoms with Crippen molar-refractivity contribution in [1.29, 1.82) is 0 Å². The van der Waals surface area contributed by atoms with Crippen LogP contribution >= 0.6 is 0 Å². The standard InChI is InChI=1S/C15H22N6O/c1-2-3-12(22)17-8-9-21-15-14(18-6-7-19-15)13(20-21)11-4-5-16-10-11/h6-7,11,16H,2-5,8-10H2,1H3,(H,17,22)/t11-/m1/s1. The second-order valence-corrected chi connectivity index (χ2v) is 5.63. The molecule has 0 unspecified atom stereocenters. The number of amides is 1. The summed E-state index contributed by atoms with van der Waals surface area (Å²) in [4.78, 5) is 20.4. The average molecular weight is 302 g/mol. The van der Waals surface area contributed by atoms with Gasteiger partial charge in [0.05, 0.1) is 12.2 Å². The van der Waals surface area contributed by atoms with E-state index in [-0.39, 0.29) is 5.91 Å². The summed E-state index contributed by atoms with van der Waals surface area (Å²) in [5, 5.41) is 11.0. The van der Waals surface area contributed by atoms with Gasteiger partial charge in [-0.1, -0.05) is 6.92 Å². The molecular weight excluding hydrogens is 280 g/mol. The lowest BCUT2D eigenvalue weighted by Gasteiger charge is -2.05. The van der Waals surface area contributed by atoms with Crippen LogP contribution in [0.15, 0.2) is 12.4 Å². The molecule has 1 saturated heterocycles. The Morgan fingerprint density at radius 3 is 3.09 bits per heavy atom. The summed E-state index contributed by atoms with van der Waals surface area (Å²) in [6, 6.07) is 0. The number of fused-ring (bicyclic) bond motifs is 1. The molecule has 0 saturated carbocycles. The molecule has 1 amide bonds. The number of carbonyl (C=O) groups is 1. The fourth-order valence-electron chi connectivity index (χ4n) is 2.86. The quantitative estimate of drug-likeness (QED) is 0.825. The van der Waals surface area contributed by atoms with Crippen LogP contribution in [0, 0.1) is 0 Å². The predicted molar refractivity (Wildman–Crippen MR) is 83.5 cm³/mol. The lowest BCUT2D eigenvalue weighted by atomic mass is 10.0. The van der Waals surface area contributed by atoms with Crippen LogP contribution in [-0.4, -0.2) is 45.3 Å². The first-order valence-corrected chi connectivity index (χ1v) is 7.94. The largest absolute Gasteiger partial charge is 0.354 e. The van der Waals surface area contributed by atoms with Gasteiger partial charge in [0.2, 0.25) is 5.91 Å². The first-order chi connectivity index (χ1) is 10.8. The van der Waals surface area contributed by atoms with Crippen molar-refractivity contribution in [3.63, 3.8) is 0 Å². The van der Waals surface area contributed by atoms with E-state index < -0.39 is 0 Å². The molecule has 0 radical (unpaired) electrons. The molecule has 1 atom stereocenters. The van der Waals surface area contributed by atoms with Gasteiger partial charge in [0, 0.05) is 37.8 Å². The number of hydrogen-bond donors (Lipinski definition) is 2. The first-order valence-electron chi connectivity index (χ1n) is 7.94. The van der Waals surface area contributed by atoms with Crippen LogP contribution in [0.2, 0.25) is 0 Å². The van der Waals surface area contributed by atoms with Crippen molar-refractivity contribution in [3.8, 4) is 0 Å². The number of carbonyl (C=O) groups excluding carboxylic acids is 1. The van der Waals surface area contributed by atoms with Crippen LogP contribution in [0.25, 0.3) is 11.2 Å². The number of hydrogen-bond acceptors (Lipinski definition) is 5. The Balaban J connectivity index is 1.76. The summed E-state index contributed by atoms with van der Waals surface area (Å²) in [5.41, 5.74) is 2.71. The summed E-state index contributed by atoms with van der Waals surface area (Å²) >= 11 is 0. The van der Waals surface area contributed by atoms with Crippen LogP contribution in [-0.2, 0) is 11.3 Å². The summed E-state index contributed by atoms with van der Waals surface area (Å²) in [7, 11) is 0. The molecule has 0 bridgehead atoms. The van der Waals surface area contributed by atoms with Crippen molar-refractivity contribution < 1.29 is 4.79 Å². The van der Waals surface area contributed by atoms with Crippen molar-refractivity contribution in [3.05, 3.63) is 18.1 Å². The van der Waals surface area contributed by atoms with E-state index in [9.17, 15) is 4.79 Å². The molecule has 3 heterocycles. The van der Waals surface area contributed by atoms with Crippen LogP contribution < -0.4 is 10.6 Å². The molecule has 0 aromatic carbocycles.